The Hall–Kier alpha value is -1.76. The topological polar surface area (TPSA) is 51.1 Å². The number of rotatable bonds is 6. The molecule has 0 bridgehead atoms. The minimum absolute atomic E-state index is 0.0238. The highest BCUT2D eigenvalue weighted by Gasteiger charge is 2.18. The Morgan fingerprint density at radius 2 is 1.96 bits per heavy atom. The van der Waals surface area contributed by atoms with E-state index in [-0.39, 0.29) is 16.0 Å². The van der Waals surface area contributed by atoms with E-state index < -0.39 is 0 Å². The first-order valence-electron chi connectivity index (χ1n) is 8.38. The van der Waals surface area contributed by atoms with E-state index in [1.165, 1.54) is 23.1 Å². The van der Waals surface area contributed by atoms with E-state index in [0.29, 0.717) is 23.7 Å². The third kappa shape index (κ3) is 4.14. The molecule has 0 saturated heterocycles. The van der Waals surface area contributed by atoms with Crippen LogP contribution in [0.4, 0.5) is 5.69 Å². The Morgan fingerprint density at radius 3 is 2.62 bits per heavy atom. The Morgan fingerprint density at radius 1 is 1.23 bits per heavy atom. The highest BCUT2D eigenvalue weighted by molar-refractivity contribution is 8.00. The zero-order valence-electron chi connectivity index (χ0n) is 14.5. The number of halogens is 1. The van der Waals surface area contributed by atoms with Crippen LogP contribution < -0.4 is 10.2 Å². The lowest BCUT2D eigenvalue weighted by Gasteiger charge is -2.15. The van der Waals surface area contributed by atoms with Gasteiger partial charge in [-0.25, -0.2) is 0 Å². The van der Waals surface area contributed by atoms with Gasteiger partial charge < -0.3 is 5.32 Å². The summed E-state index contributed by atoms with van der Waals surface area (Å²) >= 11 is 8.63. The lowest BCUT2D eigenvalue weighted by atomic mass is 10.2. The van der Waals surface area contributed by atoms with Gasteiger partial charge in [-0.1, -0.05) is 29.9 Å². The molecule has 0 unspecified atom stereocenters. The number of carbonyl (C=O) groups is 1. The fraction of sp³-hybridized carbons (Fsp3) is 0.263. The van der Waals surface area contributed by atoms with Gasteiger partial charge in [-0.2, -0.15) is 0 Å². The van der Waals surface area contributed by atoms with Crippen LogP contribution in [0.15, 0.2) is 52.2 Å². The van der Waals surface area contributed by atoms with Crippen LogP contribution in [-0.2, 0) is 11.3 Å². The van der Waals surface area contributed by atoms with Gasteiger partial charge in [-0.05, 0) is 55.8 Å². The average molecular weight is 407 g/mol. The quantitative estimate of drug-likeness (QED) is 0.569. The van der Waals surface area contributed by atoms with Gasteiger partial charge in [0.25, 0.3) is 0 Å². The zero-order chi connectivity index (χ0) is 18.7. The summed E-state index contributed by atoms with van der Waals surface area (Å²) in [6.07, 6.45) is 0.709. The Balaban J connectivity index is 1.76. The van der Waals surface area contributed by atoms with Crippen molar-refractivity contribution < 1.29 is 4.79 Å². The fourth-order valence-electron chi connectivity index (χ4n) is 2.67. The highest BCUT2D eigenvalue weighted by atomic mass is 35.5. The third-order valence-electron chi connectivity index (χ3n) is 4.01. The van der Waals surface area contributed by atoms with E-state index in [4.69, 9.17) is 11.6 Å². The van der Waals surface area contributed by atoms with E-state index in [0.717, 1.165) is 15.1 Å². The summed E-state index contributed by atoms with van der Waals surface area (Å²) in [4.78, 5) is 25.7. The van der Waals surface area contributed by atoms with Gasteiger partial charge >= 0.3 is 4.87 Å². The summed E-state index contributed by atoms with van der Waals surface area (Å²) in [6.45, 7) is 4.58. The monoisotopic (exact) mass is 406 g/mol. The van der Waals surface area contributed by atoms with E-state index in [9.17, 15) is 9.59 Å². The van der Waals surface area contributed by atoms with Crippen LogP contribution in [0, 0.1) is 0 Å². The summed E-state index contributed by atoms with van der Waals surface area (Å²) < 4.78 is 2.62. The number of hydrogen-bond donors (Lipinski definition) is 1. The van der Waals surface area contributed by atoms with Gasteiger partial charge in [0.2, 0.25) is 5.91 Å². The Labute approximate surface area is 165 Å². The molecule has 1 amide bonds. The van der Waals surface area contributed by atoms with Crippen LogP contribution in [0.3, 0.4) is 0 Å². The number of amides is 1. The molecular formula is C19H19ClN2O2S2. The molecule has 0 aliphatic heterocycles. The van der Waals surface area contributed by atoms with Crippen molar-refractivity contribution in [3.8, 4) is 0 Å². The second-order valence-electron chi connectivity index (χ2n) is 5.75. The molecule has 3 aromatic rings. The molecule has 0 spiro atoms. The standard InChI is InChI=1S/C19H19ClN2O2S2/c1-3-16(25-14-8-5-12(20)6-9-14)18(23)21-13-7-10-15-17(11-13)26-19(24)22(15)4-2/h5-11,16H,3-4H2,1-2H3,(H,21,23)/t16-/m0/s1. The lowest BCUT2D eigenvalue weighted by Crippen LogP contribution is -2.24. The van der Waals surface area contributed by atoms with Gasteiger partial charge in [-0.3, -0.25) is 14.2 Å². The number of benzene rings is 2. The summed E-state index contributed by atoms with van der Waals surface area (Å²) in [5.41, 5.74) is 1.62. The number of nitrogens with zero attached hydrogens (tertiary/aromatic N) is 1. The molecule has 26 heavy (non-hydrogen) atoms. The number of nitrogens with one attached hydrogen (secondary N) is 1. The molecule has 2 aromatic carbocycles. The largest absolute Gasteiger partial charge is 0.325 e. The molecule has 0 saturated carbocycles. The number of anilines is 1. The van der Waals surface area contributed by atoms with Crippen LogP contribution in [0.25, 0.3) is 10.2 Å². The molecule has 0 radical (unpaired) electrons. The number of fused-ring (bicyclic) bond motifs is 1. The average Bonchev–Trinajstić information content (AvgIpc) is 2.95. The predicted molar refractivity (Wildman–Crippen MR) is 112 cm³/mol. The molecule has 0 aliphatic rings. The van der Waals surface area contributed by atoms with Crippen LogP contribution in [0.2, 0.25) is 5.02 Å². The van der Waals surface area contributed by atoms with Gasteiger partial charge in [0.15, 0.2) is 0 Å². The zero-order valence-corrected chi connectivity index (χ0v) is 16.9. The number of thiazole rings is 1. The van der Waals surface area contributed by atoms with Crippen LogP contribution >= 0.6 is 34.7 Å². The number of aromatic nitrogens is 1. The van der Waals surface area contributed by atoms with E-state index in [2.05, 4.69) is 5.32 Å². The molecule has 0 aliphatic carbocycles. The predicted octanol–water partition coefficient (Wildman–Crippen LogP) is 5.25. The van der Waals surface area contributed by atoms with E-state index >= 15 is 0 Å². The molecule has 7 heteroatoms. The van der Waals surface area contributed by atoms with Crippen molar-refractivity contribution in [2.45, 2.75) is 37.0 Å². The van der Waals surface area contributed by atoms with Gasteiger partial charge in [-0.15, -0.1) is 11.8 Å². The fourth-order valence-corrected chi connectivity index (χ4v) is 4.74. The molecule has 1 atom stereocenters. The molecule has 136 valence electrons. The first kappa shape index (κ1) is 19.0. The van der Waals surface area contributed by atoms with Crippen molar-refractivity contribution >= 4 is 56.5 Å². The van der Waals surface area contributed by atoms with Crippen molar-refractivity contribution in [2.24, 2.45) is 0 Å². The summed E-state index contributed by atoms with van der Waals surface area (Å²) in [5, 5.41) is 3.45. The Bertz CT molecular complexity index is 979. The molecule has 1 heterocycles. The smallest absolute Gasteiger partial charge is 0.308 e. The maximum atomic E-state index is 12.7. The second kappa shape index (κ2) is 8.29. The molecule has 4 nitrogen and oxygen atoms in total. The number of aryl methyl sites for hydroxylation is 1. The lowest BCUT2D eigenvalue weighted by molar-refractivity contribution is -0.115. The van der Waals surface area contributed by atoms with E-state index in [1.807, 2.05) is 56.3 Å². The van der Waals surface area contributed by atoms with Crippen LogP contribution in [0.5, 0.6) is 0 Å². The summed E-state index contributed by atoms with van der Waals surface area (Å²) in [5.74, 6) is -0.0472. The minimum Gasteiger partial charge on any atom is -0.325 e. The SMILES string of the molecule is CC[C@H](Sc1ccc(Cl)cc1)C(=O)Nc1ccc2c(c1)sc(=O)n2CC. The Kier molecular flexibility index (Phi) is 6.06. The molecular weight excluding hydrogens is 388 g/mol. The summed E-state index contributed by atoms with van der Waals surface area (Å²) in [6, 6.07) is 13.1. The van der Waals surface area contributed by atoms with E-state index in [1.54, 1.807) is 4.57 Å². The third-order valence-corrected chi connectivity index (χ3v) is 6.58. The highest BCUT2D eigenvalue weighted by Crippen LogP contribution is 2.28. The molecule has 1 aromatic heterocycles. The van der Waals surface area contributed by atoms with Gasteiger partial charge in [0.05, 0.1) is 15.5 Å². The van der Waals surface area contributed by atoms with Gasteiger partial charge in [0, 0.05) is 22.2 Å². The molecule has 0 fully saturated rings. The van der Waals surface area contributed by atoms with Gasteiger partial charge in [0.1, 0.15) is 0 Å². The minimum atomic E-state index is -0.203. The first-order valence-corrected chi connectivity index (χ1v) is 10.5. The van der Waals surface area contributed by atoms with Crippen molar-refractivity contribution in [3.63, 3.8) is 0 Å². The number of hydrogen-bond acceptors (Lipinski definition) is 4. The normalized spacial score (nSPS) is 12.3. The van der Waals surface area contributed by atoms with Crippen molar-refractivity contribution in [3.05, 3.63) is 57.2 Å². The van der Waals surface area contributed by atoms with Crippen molar-refractivity contribution in [2.75, 3.05) is 5.32 Å². The van der Waals surface area contributed by atoms with Crippen molar-refractivity contribution in [1.82, 2.24) is 4.57 Å². The number of carbonyl (C=O) groups excluding carboxylic acids is 1. The molecule has 1 N–H and O–H groups in total. The summed E-state index contributed by atoms with van der Waals surface area (Å²) in [7, 11) is 0. The maximum Gasteiger partial charge on any atom is 0.308 e. The van der Waals surface area contributed by atoms with Crippen LogP contribution in [0.1, 0.15) is 20.3 Å². The second-order valence-corrected chi connectivity index (χ2v) is 8.46. The first-order chi connectivity index (χ1) is 12.5. The van der Waals surface area contributed by atoms with Crippen molar-refractivity contribution in [1.29, 1.82) is 0 Å². The molecule has 3 rings (SSSR count). The number of thioether (sulfide) groups is 1. The maximum absolute atomic E-state index is 12.7. The van der Waals surface area contributed by atoms with Crippen LogP contribution in [-0.4, -0.2) is 15.7 Å².